The van der Waals surface area contributed by atoms with Crippen LogP contribution in [0.3, 0.4) is 0 Å². The smallest absolute Gasteiger partial charge is 0.153 e. The number of aromatic nitrogens is 1. The van der Waals surface area contributed by atoms with Gasteiger partial charge in [0.25, 0.3) is 0 Å². The predicted octanol–water partition coefficient (Wildman–Crippen LogP) is 4.42. The van der Waals surface area contributed by atoms with Crippen LogP contribution in [-0.4, -0.2) is 24.1 Å². The van der Waals surface area contributed by atoms with Crippen LogP contribution in [0.25, 0.3) is 0 Å². The van der Waals surface area contributed by atoms with E-state index in [2.05, 4.69) is 68.9 Å². The minimum absolute atomic E-state index is 0.00813. The number of methoxy groups -OCH3 is 1. The Morgan fingerprint density at radius 3 is 2.19 bits per heavy atom. The van der Waals surface area contributed by atoms with Crippen molar-refractivity contribution < 1.29 is 4.74 Å². The molecular formula is C22H30N4O. The summed E-state index contributed by atoms with van der Waals surface area (Å²) in [6, 6.07) is 7.93. The van der Waals surface area contributed by atoms with Crippen molar-refractivity contribution >= 4 is 12.1 Å². The Kier molecular flexibility index (Phi) is 6.04. The summed E-state index contributed by atoms with van der Waals surface area (Å²) in [4.78, 5) is 3.98. The zero-order chi connectivity index (χ0) is 20.2. The Bertz CT molecular complexity index is 841. The fraction of sp³-hybridized carbons (Fsp3) is 0.409. The van der Waals surface area contributed by atoms with Crippen LogP contribution < -0.4 is 10.5 Å². The fourth-order valence-corrected chi connectivity index (χ4v) is 2.70. The van der Waals surface area contributed by atoms with Crippen LogP contribution in [0, 0.1) is 0 Å². The van der Waals surface area contributed by atoms with Gasteiger partial charge in [-0.25, -0.2) is 0 Å². The Morgan fingerprint density at radius 1 is 1.04 bits per heavy atom. The van der Waals surface area contributed by atoms with E-state index in [-0.39, 0.29) is 10.8 Å². The van der Waals surface area contributed by atoms with E-state index in [1.807, 2.05) is 0 Å². The molecule has 1 aromatic carbocycles. The largest absolute Gasteiger partial charge is 0.496 e. The number of rotatable bonds is 4. The first kappa shape index (κ1) is 20.6. The van der Waals surface area contributed by atoms with E-state index in [9.17, 15) is 0 Å². The highest BCUT2D eigenvalue weighted by atomic mass is 16.5. The summed E-state index contributed by atoms with van der Waals surface area (Å²) in [5, 5.41) is 8.34. The molecule has 0 atom stereocenters. The molecule has 0 aliphatic rings. The molecule has 2 aromatic rings. The van der Waals surface area contributed by atoms with Crippen molar-refractivity contribution in [3.8, 4) is 5.75 Å². The SMILES string of the molecule is COc1c(/C=N/N=C(\N)c2ccncc2)cc(C(C)(C)C)cc1C(C)(C)C. The van der Waals surface area contributed by atoms with Gasteiger partial charge in [0.2, 0.25) is 0 Å². The Hall–Kier alpha value is -2.69. The van der Waals surface area contributed by atoms with Crippen LogP contribution in [0.4, 0.5) is 0 Å². The first-order valence-electron chi connectivity index (χ1n) is 9.04. The molecule has 5 nitrogen and oxygen atoms in total. The summed E-state index contributed by atoms with van der Waals surface area (Å²) in [5.74, 6) is 1.16. The molecule has 1 aromatic heterocycles. The third-order valence-electron chi connectivity index (χ3n) is 4.33. The van der Waals surface area contributed by atoms with Crippen molar-refractivity contribution in [3.05, 3.63) is 58.9 Å². The monoisotopic (exact) mass is 366 g/mol. The van der Waals surface area contributed by atoms with Gasteiger partial charge in [-0.1, -0.05) is 47.6 Å². The fourth-order valence-electron chi connectivity index (χ4n) is 2.70. The maximum absolute atomic E-state index is 6.01. The molecule has 0 aliphatic heterocycles. The molecule has 0 bridgehead atoms. The van der Waals surface area contributed by atoms with Crippen LogP contribution >= 0.6 is 0 Å². The molecular weight excluding hydrogens is 336 g/mol. The molecule has 2 rings (SSSR count). The van der Waals surface area contributed by atoms with E-state index in [0.717, 1.165) is 22.4 Å². The van der Waals surface area contributed by atoms with Gasteiger partial charge in [0.1, 0.15) is 5.75 Å². The minimum atomic E-state index is -0.0610. The van der Waals surface area contributed by atoms with Crippen molar-refractivity contribution in [2.75, 3.05) is 7.11 Å². The van der Waals surface area contributed by atoms with E-state index >= 15 is 0 Å². The number of nitrogens with zero attached hydrogens (tertiary/aromatic N) is 3. The molecule has 0 spiro atoms. The molecule has 5 heteroatoms. The van der Waals surface area contributed by atoms with Gasteiger partial charge in [0.15, 0.2) is 5.84 Å². The molecule has 0 fully saturated rings. The number of amidine groups is 1. The molecule has 0 radical (unpaired) electrons. The van der Waals surface area contributed by atoms with Crippen molar-refractivity contribution in [1.29, 1.82) is 0 Å². The lowest BCUT2D eigenvalue weighted by Gasteiger charge is -2.28. The Balaban J connectivity index is 2.51. The molecule has 27 heavy (non-hydrogen) atoms. The first-order valence-corrected chi connectivity index (χ1v) is 9.04. The van der Waals surface area contributed by atoms with Crippen molar-refractivity contribution in [2.45, 2.75) is 52.4 Å². The number of benzene rings is 1. The third kappa shape index (κ3) is 5.16. The molecule has 0 unspecified atom stereocenters. The maximum Gasteiger partial charge on any atom is 0.153 e. The Morgan fingerprint density at radius 2 is 1.67 bits per heavy atom. The average molecular weight is 367 g/mol. The van der Waals surface area contributed by atoms with E-state index < -0.39 is 0 Å². The summed E-state index contributed by atoms with van der Waals surface area (Å²) in [6.45, 7) is 13.1. The standard InChI is InChI=1S/C22H30N4O/c1-21(2,3)17-12-16(19(27-7)18(13-17)22(4,5)6)14-25-26-20(23)15-8-10-24-11-9-15/h8-14H,1-7H3,(H2,23,26)/b25-14+. The molecule has 0 saturated heterocycles. The van der Waals surface area contributed by atoms with Crippen LogP contribution in [0.1, 0.15) is 63.8 Å². The van der Waals surface area contributed by atoms with Crippen LogP contribution in [0.15, 0.2) is 46.9 Å². The van der Waals surface area contributed by atoms with Gasteiger partial charge < -0.3 is 10.5 Å². The van der Waals surface area contributed by atoms with E-state index in [1.54, 1.807) is 37.9 Å². The maximum atomic E-state index is 6.01. The summed E-state index contributed by atoms with van der Waals surface area (Å²) < 4.78 is 5.73. The van der Waals surface area contributed by atoms with Gasteiger partial charge in [-0.05, 0) is 34.6 Å². The third-order valence-corrected chi connectivity index (χ3v) is 4.33. The number of nitrogens with two attached hydrogens (primary N) is 1. The summed E-state index contributed by atoms with van der Waals surface area (Å²) >= 11 is 0. The highest BCUT2D eigenvalue weighted by Crippen LogP contribution is 2.37. The van der Waals surface area contributed by atoms with Gasteiger partial charge in [0.05, 0.1) is 13.3 Å². The van der Waals surface area contributed by atoms with Gasteiger partial charge >= 0.3 is 0 Å². The van der Waals surface area contributed by atoms with Gasteiger partial charge in [0, 0.05) is 29.1 Å². The number of hydrogen-bond donors (Lipinski definition) is 1. The quantitative estimate of drug-likeness (QED) is 0.494. The van der Waals surface area contributed by atoms with Crippen molar-refractivity contribution in [3.63, 3.8) is 0 Å². The molecule has 2 N–H and O–H groups in total. The Labute approximate surface area is 162 Å². The number of ether oxygens (including phenoxy) is 1. The minimum Gasteiger partial charge on any atom is -0.496 e. The van der Waals surface area contributed by atoms with Crippen molar-refractivity contribution in [2.24, 2.45) is 15.9 Å². The lowest BCUT2D eigenvalue weighted by atomic mass is 9.79. The number of hydrogen-bond acceptors (Lipinski definition) is 4. The van der Waals surface area contributed by atoms with Gasteiger partial charge in [-0.15, -0.1) is 5.10 Å². The second-order valence-electron chi connectivity index (χ2n) is 8.61. The van der Waals surface area contributed by atoms with E-state index in [4.69, 9.17) is 10.5 Å². The summed E-state index contributed by atoms with van der Waals surface area (Å²) in [5.41, 5.74) is 9.99. The van der Waals surface area contributed by atoms with Crippen LogP contribution in [-0.2, 0) is 10.8 Å². The lowest BCUT2D eigenvalue weighted by Crippen LogP contribution is -2.18. The van der Waals surface area contributed by atoms with E-state index in [1.165, 1.54) is 5.56 Å². The lowest BCUT2D eigenvalue weighted by molar-refractivity contribution is 0.396. The van der Waals surface area contributed by atoms with Crippen molar-refractivity contribution in [1.82, 2.24) is 4.98 Å². The molecule has 144 valence electrons. The zero-order valence-electron chi connectivity index (χ0n) is 17.4. The second kappa shape index (κ2) is 7.91. The topological polar surface area (TPSA) is 72.9 Å². The zero-order valence-corrected chi connectivity index (χ0v) is 17.4. The van der Waals surface area contributed by atoms with Gasteiger partial charge in [-0.3, -0.25) is 4.98 Å². The second-order valence-corrected chi connectivity index (χ2v) is 8.61. The van der Waals surface area contributed by atoms with Crippen LogP contribution in [0.2, 0.25) is 0 Å². The molecule has 0 amide bonds. The molecule has 0 saturated carbocycles. The first-order chi connectivity index (χ1) is 12.5. The van der Waals surface area contributed by atoms with Crippen LogP contribution in [0.5, 0.6) is 5.75 Å². The average Bonchev–Trinajstić information content (AvgIpc) is 2.60. The highest BCUT2D eigenvalue weighted by Gasteiger charge is 2.25. The highest BCUT2D eigenvalue weighted by molar-refractivity contribution is 5.97. The van der Waals surface area contributed by atoms with E-state index in [0.29, 0.717) is 5.84 Å². The van der Waals surface area contributed by atoms with Gasteiger partial charge in [-0.2, -0.15) is 5.10 Å². The molecule has 0 aliphatic carbocycles. The predicted molar refractivity (Wildman–Crippen MR) is 113 cm³/mol. The normalized spacial score (nSPS) is 13.2. The number of pyridine rings is 1. The molecule has 1 heterocycles. The summed E-state index contributed by atoms with van der Waals surface area (Å²) in [7, 11) is 1.69. The summed E-state index contributed by atoms with van der Waals surface area (Å²) in [6.07, 6.45) is 5.05.